The molecule has 0 heterocycles. The van der Waals surface area contributed by atoms with E-state index >= 15 is 0 Å². The third-order valence-corrected chi connectivity index (χ3v) is 5.59. The zero-order valence-electron chi connectivity index (χ0n) is 14.5. The summed E-state index contributed by atoms with van der Waals surface area (Å²) in [6, 6.07) is 18.1. The molecule has 1 amide bonds. The molecule has 144 valence electrons. The van der Waals surface area contributed by atoms with Crippen LogP contribution < -0.4 is 10.0 Å². The molecule has 5 nitrogen and oxygen atoms in total. The maximum atomic E-state index is 13.7. The summed E-state index contributed by atoms with van der Waals surface area (Å²) in [7, 11) is -4.02. The predicted octanol–water partition coefficient (Wildman–Crippen LogP) is 4.46. The Labute approximate surface area is 167 Å². The molecule has 3 rings (SSSR count). The molecule has 0 aliphatic rings. The standard InChI is InChI=1S/C20H16ClFN2O3S/c21-17-9-2-1-6-14(17)12-20(25)23-15-7-5-8-16(13-15)28(26,27)24-19-11-4-3-10-18(19)22/h1-11,13,24H,12H2,(H,23,25). The second-order valence-electron chi connectivity index (χ2n) is 5.93. The molecule has 0 aliphatic heterocycles. The fraction of sp³-hybridized carbons (Fsp3) is 0.0500. The van der Waals surface area contributed by atoms with Gasteiger partial charge in [0.05, 0.1) is 17.0 Å². The quantitative estimate of drug-likeness (QED) is 0.620. The third-order valence-electron chi connectivity index (χ3n) is 3.86. The summed E-state index contributed by atoms with van der Waals surface area (Å²) >= 11 is 6.05. The van der Waals surface area contributed by atoms with Gasteiger partial charge < -0.3 is 5.32 Å². The Bertz CT molecular complexity index is 1120. The molecule has 0 aromatic heterocycles. The lowest BCUT2D eigenvalue weighted by molar-refractivity contribution is -0.115. The van der Waals surface area contributed by atoms with Gasteiger partial charge in [-0.25, -0.2) is 12.8 Å². The summed E-state index contributed by atoms with van der Waals surface area (Å²) in [4.78, 5) is 12.1. The smallest absolute Gasteiger partial charge is 0.262 e. The Kier molecular flexibility index (Phi) is 5.96. The molecular formula is C20H16ClFN2O3S. The molecule has 0 spiro atoms. The number of amides is 1. The van der Waals surface area contributed by atoms with E-state index in [-0.39, 0.29) is 22.9 Å². The molecule has 2 N–H and O–H groups in total. The van der Waals surface area contributed by atoms with Crippen molar-refractivity contribution >= 4 is 38.9 Å². The fourth-order valence-corrected chi connectivity index (χ4v) is 3.82. The Morgan fingerprint density at radius 1 is 0.964 bits per heavy atom. The summed E-state index contributed by atoms with van der Waals surface area (Å²) in [5.41, 5.74) is 0.802. The third kappa shape index (κ3) is 4.88. The molecule has 0 radical (unpaired) electrons. The van der Waals surface area contributed by atoms with Gasteiger partial charge in [-0.1, -0.05) is 48.0 Å². The van der Waals surface area contributed by atoms with E-state index in [4.69, 9.17) is 11.6 Å². The number of rotatable bonds is 6. The van der Waals surface area contributed by atoms with Gasteiger partial charge in [-0.15, -0.1) is 0 Å². The lowest BCUT2D eigenvalue weighted by atomic mass is 10.1. The molecular weight excluding hydrogens is 403 g/mol. The first-order chi connectivity index (χ1) is 13.3. The van der Waals surface area contributed by atoms with Crippen molar-refractivity contribution in [3.8, 4) is 0 Å². The van der Waals surface area contributed by atoms with Crippen molar-refractivity contribution in [2.75, 3.05) is 10.0 Å². The summed E-state index contributed by atoms with van der Waals surface area (Å²) in [6.07, 6.45) is 0.0458. The molecule has 28 heavy (non-hydrogen) atoms. The number of para-hydroxylation sites is 1. The van der Waals surface area contributed by atoms with E-state index < -0.39 is 15.8 Å². The Morgan fingerprint density at radius 2 is 1.68 bits per heavy atom. The first-order valence-corrected chi connectivity index (χ1v) is 10.1. The monoisotopic (exact) mass is 418 g/mol. The summed E-state index contributed by atoms with van der Waals surface area (Å²) in [5, 5.41) is 3.12. The Hall–Kier alpha value is -2.90. The van der Waals surface area contributed by atoms with Crippen molar-refractivity contribution in [1.82, 2.24) is 0 Å². The van der Waals surface area contributed by atoms with Crippen LogP contribution in [0.15, 0.2) is 77.7 Å². The number of benzene rings is 3. The molecule has 8 heteroatoms. The maximum absolute atomic E-state index is 13.7. The van der Waals surface area contributed by atoms with Crippen LogP contribution in [-0.4, -0.2) is 14.3 Å². The maximum Gasteiger partial charge on any atom is 0.262 e. The molecule has 0 atom stereocenters. The molecule has 0 fully saturated rings. The second-order valence-corrected chi connectivity index (χ2v) is 8.02. The van der Waals surface area contributed by atoms with Crippen molar-refractivity contribution in [3.63, 3.8) is 0 Å². The van der Waals surface area contributed by atoms with E-state index in [9.17, 15) is 17.6 Å². The van der Waals surface area contributed by atoms with Gasteiger partial charge in [0.15, 0.2) is 0 Å². The zero-order chi connectivity index (χ0) is 20.1. The number of anilines is 2. The average molecular weight is 419 g/mol. The highest BCUT2D eigenvalue weighted by molar-refractivity contribution is 7.92. The van der Waals surface area contributed by atoms with E-state index in [0.29, 0.717) is 16.3 Å². The molecule has 3 aromatic carbocycles. The van der Waals surface area contributed by atoms with E-state index in [2.05, 4.69) is 10.0 Å². The lowest BCUT2D eigenvalue weighted by Crippen LogP contribution is -2.16. The van der Waals surface area contributed by atoms with Crippen molar-refractivity contribution in [2.24, 2.45) is 0 Å². The highest BCUT2D eigenvalue weighted by Crippen LogP contribution is 2.22. The van der Waals surface area contributed by atoms with Crippen LogP contribution in [0.2, 0.25) is 5.02 Å². The van der Waals surface area contributed by atoms with Gasteiger partial charge in [-0.05, 0) is 42.0 Å². The predicted molar refractivity (Wildman–Crippen MR) is 107 cm³/mol. The zero-order valence-corrected chi connectivity index (χ0v) is 16.1. The van der Waals surface area contributed by atoms with Gasteiger partial charge in [-0.2, -0.15) is 0 Å². The number of hydrogen-bond acceptors (Lipinski definition) is 3. The van der Waals surface area contributed by atoms with Crippen molar-refractivity contribution < 1.29 is 17.6 Å². The van der Waals surface area contributed by atoms with E-state index in [1.807, 2.05) is 0 Å². The SMILES string of the molecule is O=C(Cc1ccccc1Cl)Nc1cccc(S(=O)(=O)Nc2ccccc2F)c1. The number of nitrogens with one attached hydrogen (secondary N) is 2. The molecule has 0 bridgehead atoms. The Morgan fingerprint density at radius 3 is 2.43 bits per heavy atom. The Balaban J connectivity index is 1.75. The van der Waals surface area contributed by atoms with Crippen LogP contribution in [0.5, 0.6) is 0 Å². The molecule has 0 unspecified atom stereocenters. The van der Waals surface area contributed by atoms with Crippen LogP contribution in [0.3, 0.4) is 0 Å². The fourth-order valence-electron chi connectivity index (χ4n) is 2.51. The number of carbonyl (C=O) groups is 1. The van der Waals surface area contributed by atoms with E-state index in [0.717, 1.165) is 6.07 Å². The lowest BCUT2D eigenvalue weighted by Gasteiger charge is -2.11. The highest BCUT2D eigenvalue weighted by atomic mass is 35.5. The normalized spacial score (nSPS) is 11.1. The van der Waals surface area contributed by atoms with Crippen LogP contribution >= 0.6 is 11.6 Å². The van der Waals surface area contributed by atoms with Gasteiger partial charge in [0.25, 0.3) is 10.0 Å². The van der Waals surface area contributed by atoms with Gasteiger partial charge in [-0.3, -0.25) is 9.52 Å². The molecule has 0 saturated heterocycles. The van der Waals surface area contributed by atoms with Gasteiger partial charge in [0.1, 0.15) is 5.82 Å². The van der Waals surface area contributed by atoms with Crippen LogP contribution in [0.25, 0.3) is 0 Å². The van der Waals surface area contributed by atoms with Crippen molar-refractivity contribution in [1.29, 1.82) is 0 Å². The second kappa shape index (κ2) is 8.41. The average Bonchev–Trinajstić information content (AvgIpc) is 2.65. The minimum Gasteiger partial charge on any atom is -0.326 e. The number of halogens is 2. The minimum absolute atomic E-state index is 0.0458. The first-order valence-electron chi connectivity index (χ1n) is 8.26. The number of hydrogen-bond donors (Lipinski definition) is 2. The van der Waals surface area contributed by atoms with E-state index in [1.54, 1.807) is 30.3 Å². The largest absolute Gasteiger partial charge is 0.326 e. The van der Waals surface area contributed by atoms with Crippen molar-refractivity contribution in [3.05, 3.63) is 89.2 Å². The molecule has 0 aliphatic carbocycles. The van der Waals surface area contributed by atoms with Gasteiger partial charge >= 0.3 is 0 Å². The minimum atomic E-state index is -4.02. The van der Waals surface area contributed by atoms with Crippen LogP contribution in [0, 0.1) is 5.82 Å². The number of sulfonamides is 1. The summed E-state index contributed by atoms with van der Waals surface area (Å²) in [6.45, 7) is 0. The van der Waals surface area contributed by atoms with Crippen LogP contribution in [0.4, 0.5) is 15.8 Å². The van der Waals surface area contributed by atoms with Gasteiger partial charge in [0.2, 0.25) is 5.91 Å². The topological polar surface area (TPSA) is 75.3 Å². The van der Waals surface area contributed by atoms with Crippen LogP contribution in [-0.2, 0) is 21.2 Å². The number of carbonyl (C=O) groups excluding carboxylic acids is 1. The summed E-state index contributed by atoms with van der Waals surface area (Å²) < 4.78 is 41.0. The molecule has 0 saturated carbocycles. The van der Waals surface area contributed by atoms with E-state index in [1.165, 1.54) is 36.4 Å². The molecule has 3 aromatic rings. The van der Waals surface area contributed by atoms with Crippen molar-refractivity contribution in [2.45, 2.75) is 11.3 Å². The first kappa shape index (κ1) is 19.9. The van der Waals surface area contributed by atoms with Crippen LogP contribution in [0.1, 0.15) is 5.56 Å². The summed E-state index contributed by atoms with van der Waals surface area (Å²) in [5.74, 6) is -1.03. The van der Waals surface area contributed by atoms with Gasteiger partial charge in [0, 0.05) is 10.7 Å². The highest BCUT2D eigenvalue weighted by Gasteiger charge is 2.17.